The zero-order valence-corrected chi connectivity index (χ0v) is 17.2. The SMILES string of the molecule is CC1(C)NC(=O)N(CCCC(=O)NCc2ccccc2CN2CCOCC2)C1=O. The smallest absolute Gasteiger partial charge is 0.325 e. The van der Waals surface area contributed by atoms with Gasteiger partial charge in [-0.2, -0.15) is 0 Å². The molecule has 29 heavy (non-hydrogen) atoms. The molecule has 1 aromatic carbocycles. The molecule has 0 bridgehead atoms. The van der Waals surface area contributed by atoms with Gasteiger partial charge in [0.05, 0.1) is 13.2 Å². The quantitative estimate of drug-likeness (QED) is 0.639. The molecule has 158 valence electrons. The van der Waals surface area contributed by atoms with Gasteiger partial charge in [0.15, 0.2) is 0 Å². The Morgan fingerprint density at radius 2 is 1.86 bits per heavy atom. The maximum absolute atomic E-state index is 12.2. The predicted molar refractivity (Wildman–Crippen MR) is 108 cm³/mol. The number of carbonyl (C=O) groups excluding carboxylic acids is 3. The van der Waals surface area contributed by atoms with E-state index in [0.29, 0.717) is 13.0 Å². The van der Waals surface area contributed by atoms with Crippen molar-refractivity contribution in [3.8, 4) is 0 Å². The third kappa shape index (κ3) is 5.55. The van der Waals surface area contributed by atoms with Crippen LogP contribution in [0.15, 0.2) is 24.3 Å². The Kier molecular flexibility index (Phi) is 6.87. The van der Waals surface area contributed by atoms with Crippen LogP contribution in [0.1, 0.15) is 37.8 Å². The second-order valence-electron chi connectivity index (χ2n) is 8.05. The molecule has 0 aromatic heterocycles. The van der Waals surface area contributed by atoms with Gasteiger partial charge in [0, 0.05) is 39.1 Å². The molecular formula is C21H30N4O4. The summed E-state index contributed by atoms with van der Waals surface area (Å²) in [6.45, 7) is 8.26. The van der Waals surface area contributed by atoms with Gasteiger partial charge in [-0.05, 0) is 31.4 Å². The van der Waals surface area contributed by atoms with Gasteiger partial charge in [-0.1, -0.05) is 24.3 Å². The van der Waals surface area contributed by atoms with E-state index in [1.165, 1.54) is 10.5 Å². The lowest BCUT2D eigenvalue weighted by Gasteiger charge is -2.27. The van der Waals surface area contributed by atoms with E-state index < -0.39 is 11.6 Å². The van der Waals surface area contributed by atoms with Crippen LogP contribution in [0.5, 0.6) is 0 Å². The standard InChI is InChI=1S/C21H30N4O4/c1-21(2)19(27)25(20(28)23-21)9-5-8-18(26)22-14-16-6-3-4-7-17(16)15-24-10-12-29-13-11-24/h3-4,6-7H,5,8-15H2,1-2H3,(H,22,26)(H,23,28). The number of amides is 4. The van der Waals surface area contributed by atoms with E-state index in [1.54, 1.807) is 13.8 Å². The number of morpholine rings is 1. The molecule has 1 aromatic rings. The van der Waals surface area contributed by atoms with Gasteiger partial charge in [0.1, 0.15) is 5.54 Å². The summed E-state index contributed by atoms with van der Waals surface area (Å²) >= 11 is 0. The summed E-state index contributed by atoms with van der Waals surface area (Å²) in [6.07, 6.45) is 0.708. The van der Waals surface area contributed by atoms with Crippen LogP contribution in [0.25, 0.3) is 0 Å². The first kappa shape index (κ1) is 21.3. The maximum atomic E-state index is 12.2. The molecule has 0 radical (unpaired) electrons. The van der Waals surface area contributed by atoms with Crippen LogP contribution in [0.4, 0.5) is 4.79 Å². The number of urea groups is 1. The van der Waals surface area contributed by atoms with Crippen molar-refractivity contribution in [2.45, 2.75) is 45.3 Å². The molecule has 2 fully saturated rings. The molecular weight excluding hydrogens is 372 g/mol. The largest absolute Gasteiger partial charge is 0.379 e. The number of imide groups is 1. The zero-order valence-electron chi connectivity index (χ0n) is 17.2. The molecule has 0 spiro atoms. The van der Waals surface area contributed by atoms with Crippen molar-refractivity contribution in [3.05, 3.63) is 35.4 Å². The fraction of sp³-hybridized carbons (Fsp3) is 0.571. The van der Waals surface area contributed by atoms with Crippen molar-refractivity contribution >= 4 is 17.8 Å². The summed E-state index contributed by atoms with van der Waals surface area (Å²) in [5, 5.41) is 5.60. The highest BCUT2D eigenvalue weighted by atomic mass is 16.5. The molecule has 3 rings (SSSR count). The van der Waals surface area contributed by atoms with Crippen molar-refractivity contribution in [2.24, 2.45) is 0 Å². The van der Waals surface area contributed by atoms with E-state index in [4.69, 9.17) is 4.74 Å². The Morgan fingerprint density at radius 3 is 2.52 bits per heavy atom. The first-order chi connectivity index (χ1) is 13.9. The number of carbonyl (C=O) groups is 3. The van der Waals surface area contributed by atoms with Crippen molar-refractivity contribution in [3.63, 3.8) is 0 Å². The van der Waals surface area contributed by atoms with Gasteiger partial charge in [0.25, 0.3) is 5.91 Å². The normalized spacial score (nSPS) is 19.3. The average Bonchev–Trinajstić information content (AvgIpc) is 2.89. The highest BCUT2D eigenvalue weighted by Gasteiger charge is 2.43. The Morgan fingerprint density at radius 1 is 1.17 bits per heavy atom. The zero-order chi connectivity index (χ0) is 20.9. The minimum absolute atomic E-state index is 0.0857. The molecule has 2 aliphatic heterocycles. The number of hydrogen-bond acceptors (Lipinski definition) is 5. The number of nitrogens with zero attached hydrogens (tertiary/aromatic N) is 2. The molecule has 8 nitrogen and oxygen atoms in total. The van der Waals surface area contributed by atoms with Crippen LogP contribution >= 0.6 is 0 Å². The molecule has 0 unspecified atom stereocenters. The molecule has 2 heterocycles. The summed E-state index contributed by atoms with van der Waals surface area (Å²) in [4.78, 5) is 39.8. The van der Waals surface area contributed by atoms with Gasteiger partial charge < -0.3 is 15.4 Å². The molecule has 4 amide bonds. The van der Waals surface area contributed by atoms with E-state index in [2.05, 4.69) is 21.6 Å². The molecule has 0 aliphatic carbocycles. The minimum atomic E-state index is -0.871. The van der Waals surface area contributed by atoms with Crippen LogP contribution < -0.4 is 10.6 Å². The van der Waals surface area contributed by atoms with Gasteiger partial charge in [0.2, 0.25) is 5.91 Å². The summed E-state index contributed by atoms with van der Waals surface area (Å²) in [5.41, 5.74) is 1.43. The van der Waals surface area contributed by atoms with Crippen LogP contribution in [0.2, 0.25) is 0 Å². The maximum Gasteiger partial charge on any atom is 0.325 e. The molecule has 2 saturated heterocycles. The monoisotopic (exact) mass is 402 g/mol. The Balaban J connectivity index is 1.44. The second kappa shape index (κ2) is 9.37. The topological polar surface area (TPSA) is 91.0 Å². The van der Waals surface area contributed by atoms with Gasteiger partial charge >= 0.3 is 6.03 Å². The lowest BCUT2D eigenvalue weighted by molar-refractivity contribution is -0.130. The van der Waals surface area contributed by atoms with E-state index in [1.807, 2.05) is 18.2 Å². The van der Waals surface area contributed by atoms with Crippen molar-refractivity contribution in [2.75, 3.05) is 32.8 Å². The highest BCUT2D eigenvalue weighted by molar-refractivity contribution is 6.06. The van der Waals surface area contributed by atoms with Crippen LogP contribution in [-0.4, -0.2) is 66.0 Å². The molecule has 0 saturated carbocycles. The third-order valence-corrected chi connectivity index (χ3v) is 5.32. The lowest BCUT2D eigenvalue weighted by Crippen LogP contribution is -2.40. The first-order valence-electron chi connectivity index (χ1n) is 10.1. The second-order valence-corrected chi connectivity index (χ2v) is 8.05. The number of rotatable bonds is 8. The molecule has 2 N–H and O–H groups in total. The van der Waals surface area contributed by atoms with Crippen molar-refractivity contribution < 1.29 is 19.1 Å². The van der Waals surface area contributed by atoms with E-state index in [0.717, 1.165) is 38.4 Å². The van der Waals surface area contributed by atoms with E-state index in [-0.39, 0.29) is 24.8 Å². The third-order valence-electron chi connectivity index (χ3n) is 5.32. The first-order valence-corrected chi connectivity index (χ1v) is 10.1. The van der Waals surface area contributed by atoms with Crippen molar-refractivity contribution in [1.82, 2.24) is 20.4 Å². The van der Waals surface area contributed by atoms with Crippen LogP contribution in [0.3, 0.4) is 0 Å². The number of hydrogen-bond donors (Lipinski definition) is 2. The van der Waals surface area contributed by atoms with Gasteiger partial charge in [-0.15, -0.1) is 0 Å². The minimum Gasteiger partial charge on any atom is -0.379 e. The fourth-order valence-electron chi connectivity index (χ4n) is 3.59. The number of nitrogens with one attached hydrogen (secondary N) is 2. The summed E-state index contributed by atoms with van der Waals surface area (Å²) < 4.78 is 5.40. The van der Waals surface area contributed by atoms with Gasteiger partial charge in [-0.3, -0.25) is 19.4 Å². The van der Waals surface area contributed by atoms with Gasteiger partial charge in [-0.25, -0.2) is 4.79 Å². The number of ether oxygens (including phenoxy) is 1. The van der Waals surface area contributed by atoms with Crippen LogP contribution in [0, 0.1) is 0 Å². The lowest BCUT2D eigenvalue weighted by atomic mass is 10.1. The van der Waals surface area contributed by atoms with E-state index in [9.17, 15) is 14.4 Å². The van der Waals surface area contributed by atoms with E-state index >= 15 is 0 Å². The average molecular weight is 402 g/mol. The number of benzene rings is 1. The fourth-order valence-corrected chi connectivity index (χ4v) is 3.59. The highest BCUT2D eigenvalue weighted by Crippen LogP contribution is 2.17. The summed E-state index contributed by atoms with van der Waals surface area (Å²) in [7, 11) is 0. The predicted octanol–water partition coefficient (Wildman–Crippen LogP) is 1.25. The summed E-state index contributed by atoms with van der Waals surface area (Å²) in [5.74, 6) is -0.336. The summed E-state index contributed by atoms with van der Waals surface area (Å²) in [6, 6.07) is 7.73. The van der Waals surface area contributed by atoms with Crippen molar-refractivity contribution in [1.29, 1.82) is 0 Å². The Hall–Kier alpha value is -2.45. The molecule has 8 heteroatoms. The molecule has 0 atom stereocenters. The molecule has 2 aliphatic rings. The Labute approximate surface area is 171 Å². The van der Waals surface area contributed by atoms with Crippen LogP contribution in [-0.2, 0) is 27.4 Å². The Bertz CT molecular complexity index is 759.